The van der Waals surface area contributed by atoms with E-state index in [4.69, 9.17) is 0 Å². The highest BCUT2D eigenvalue weighted by Gasteiger charge is 2.46. The van der Waals surface area contributed by atoms with Gasteiger partial charge in [0.15, 0.2) is 0 Å². The van der Waals surface area contributed by atoms with Gasteiger partial charge in [-0.05, 0) is 31.7 Å². The summed E-state index contributed by atoms with van der Waals surface area (Å²) in [5, 5.41) is 13.9. The van der Waals surface area contributed by atoms with E-state index >= 15 is 0 Å². The van der Waals surface area contributed by atoms with Gasteiger partial charge in [-0.15, -0.1) is 0 Å². The molecule has 3 rings (SSSR count). The Bertz CT molecular complexity index is 516. The maximum atomic E-state index is 14.2. The van der Waals surface area contributed by atoms with Crippen LogP contribution in [0.5, 0.6) is 0 Å². The number of benzene rings is 1. The first-order valence-corrected chi connectivity index (χ1v) is 6.64. The van der Waals surface area contributed by atoms with Gasteiger partial charge in [-0.1, -0.05) is 12.1 Å². The second kappa shape index (κ2) is 4.43. The van der Waals surface area contributed by atoms with Crippen molar-refractivity contribution in [1.82, 2.24) is 5.32 Å². The van der Waals surface area contributed by atoms with E-state index in [1.807, 2.05) is 0 Å². The quantitative estimate of drug-likeness (QED) is 0.779. The number of hydrogen-bond acceptors (Lipinski definition) is 2. The predicted octanol–water partition coefficient (Wildman–Crippen LogP) is 2.95. The fourth-order valence-corrected chi connectivity index (χ4v) is 3.45. The van der Waals surface area contributed by atoms with Crippen molar-refractivity contribution in [3.63, 3.8) is 0 Å². The SMILES string of the molecule is OC1(c2cccc(C(F)(F)F)c2F)CC2CCC(C1)N2. The molecular weight excluding hydrogens is 274 g/mol. The molecule has 2 aliphatic heterocycles. The topological polar surface area (TPSA) is 32.3 Å². The average Bonchev–Trinajstić information content (AvgIpc) is 2.68. The maximum Gasteiger partial charge on any atom is 0.419 e. The van der Waals surface area contributed by atoms with Crippen molar-refractivity contribution in [3.05, 3.63) is 35.1 Å². The first-order valence-electron chi connectivity index (χ1n) is 6.64. The monoisotopic (exact) mass is 289 g/mol. The van der Waals surface area contributed by atoms with Gasteiger partial charge in [0.25, 0.3) is 0 Å². The molecule has 2 unspecified atom stereocenters. The van der Waals surface area contributed by atoms with E-state index in [2.05, 4.69) is 5.32 Å². The van der Waals surface area contributed by atoms with Crippen LogP contribution in [0.25, 0.3) is 0 Å². The molecule has 2 N–H and O–H groups in total. The molecule has 2 nitrogen and oxygen atoms in total. The fraction of sp³-hybridized carbons (Fsp3) is 0.571. The lowest BCUT2D eigenvalue weighted by Gasteiger charge is -2.38. The molecule has 6 heteroatoms. The highest BCUT2D eigenvalue weighted by atomic mass is 19.4. The normalized spacial score (nSPS) is 33.5. The Balaban J connectivity index is 2.02. The molecular formula is C14H15F4NO. The Morgan fingerprint density at radius 3 is 2.30 bits per heavy atom. The van der Waals surface area contributed by atoms with E-state index in [1.165, 1.54) is 6.07 Å². The Kier molecular flexibility index (Phi) is 3.06. The number of fused-ring (bicyclic) bond motifs is 2. The van der Waals surface area contributed by atoms with Crippen molar-refractivity contribution < 1.29 is 22.7 Å². The van der Waals surface area contributed by atoms with Gasteiger partial charge < -0.3 is 10.4 Å². The Hall–Kier alpha value is -1.14. The molecule has 2 saturated heterocycles. The Morgan fingerprint density at radius 2 is 1.75 bits per heavy atom. The number of halogens is 4. The standard InChI is InChI=1S/C14H15F4NO/c15-12-10(2-1-3-11(12)14(16,17)18)13(20)6-8-4-5-9(7-13)19-8/h1-3,8-9,19-20H,4-7H2. The molecule has 0 aliphatic carbocycles. The second-order valence-corrected chi connectivity index (χ2v) is 5.74. The van der Waals surface area contributed by atoms with Gasteiger partial charge in [0.2, 0.25) is 0 Å². The van der Waals surface area contributed by atoms with Crippen LogP contribution < -0.4 is 5.32 Å². The number of hydrogen-bond donors (Lipinski definition) is 2. The highest BCUT2D eigenvalue weighted by Crippen LogP contribution is 2.43. The van der Waals surface area contributed by atoms with Crippen LogP contribution in [0.3, 0.4) is 0 Å². The van der Waals surface area contributed by atoms with Gasteiger partial charge in [-0.2, -0.15) is 13.2 Å². The smallest absolute Gasteiger partial charge is 0.385 e. The van der Waals surface area contributed by atoms with Crippen LogP contribution in [0.2, 0.25) is 0 Å². The van der Waals surface area contributed by atoms with E-state index in [0.29, 0.717) is 6.07 Å². The van der Waals surface area contributed by atoms with E-state index in [9.17, 15) is 22.7 Å². The summed E-state index contributed by atoms with van der Waals surface area (Å²) in [6.07, 6.45) is -2.51. The predicted molar refractivity (Wildman–Crippen MR) is 64.5 cm³/mol. The summed E-state index contributed by atoms with van der Waals surface area (Å²) in [4.78, 5) is 0. The molecule has 0 saturated carbocycles. The van der Waals surface area contributed by atoms with E-state index in [-0.39, 0.29) is 30.5 Å². The van der Waals surface area contributed by atoms with E-state index in [0.717, 1.165) is 18.9 Å². The van der Waals surface area contributed by atoms with Gasteiger partial charge >= 0.3 is 6.18 Å². The van der Waals surface area contributed by atoms with Crippen molar-refractivity contribution in [2.75, 3.05) is 0 Å². The van der Waals surface area contributed by atoms with E-state index in [1.54, 1.807) is 0 Å². The van der Waals surface area contributed by atoms with Crippen molar-refractivity contribution in [1.29, 1.82) is 0 Å². The lowest BCUT2D eigenvalue weighted by atomic mass is 9.80. The molecule has 0 spiro atoms. The molecule has 1 aromatic carbocycles. The number of nitrogens with one attached hydrogen (secondary N) is 1. The molecule has 2 heterocycles. The third-order valence-electron chi connectivity index (χ3n) is 4.31. The molecule has 0 amide bonds. The van der Waals surface area contributed by atoms with Crippen molar-refractivity contribution in [3.8, 4) is 0 Å². The summed E-state index contributed by atoms with van der Waals surface area (Å²) in [7, 11) is 0. The van der Waals surface area contributed by atoms with Crippen molar-refractivity contribution in [2.45, 2.75) is 49.5 Å². The van der Waals surface area contributed by atoms with Crippen molar-refractivity contribution in [2.24, 2.45) is 0 Å². The van der Waals surface area contributed by atoms with Gasteiger partial charge in [-0.25, -0.2) is 4.39 Å². The van der Waals surface area contributed by atoms with Crippen LogP contribution in [-0.4, -0.2) is 17.2 Å². The first-order chi connectivity index (χ1) is 9.29. The zero-order valence-electron chi connectivity index (χ0n) is 10.7. The minimum Gasteiger partial charge on any atom is -0.385 e. The molecule has 2 atom stereocenters. The minimum absolute atomic E-state index is 0.0488. The summed E-state index contributed by atoms with van der Waals surface area (Å²) in [5.74, 6) is -1.34. The lowest BCUT2D eigenvalue weighted by Crippen LogP contribution is -2.47. The van der Waals surface area contributed by atoms with Crippen LogP contribution >= 0.6 is 0 Å². The lowest BCUT2D eigenvalue weighted by molar-refractivity contribution is -0.140. The van der Waals surface area contributed by atoms with E-state index < -0.39 is 23.2 Å². The Morgan fingerprint density at radius 1 is 1.15 bits per heavy atom. The molecule has 2 aliphatic rings. The number of rotatable bonds is 1. The van der Waals surface area contributed by atoms with Crippen LogP contribution in [0.1, 0.15) is 36.8 Å². The first kappa shape index (κ1) is 13.8. The summed E-state index contributed by atoms with van der Waals surface area (Å²) >= 11 is 0. The molecule has 0 aromatic heterocycles. The third kappa shape index (κ3) is 2.20. The molecule has 2 fully saturated rings. The Labute approximate surface area is 113 Å². The maximum absolute atomic E-state index is 14.2. The highest BCUT2D eigenvalue weighted by molar-refractivity contribution is 5.33. The fourth-order valence-electron chi connectivity index (χ4n) is 3.45. The second-order valence-electron chi connectivity index (χ2n) is 5.74. The summed E-state index contributed by atoms with van der Waals surface area (Å²) in [5.41, 5.74) is -3.05. The van der Waals surface area contributed by atoms with Gasteiger partial charge in [0.1, 0.15) is 5.82 Å². The van der Waals surface area contributed by atoms with Crippen LogP contribution in [-0.2, 0) is 11.8 Å². The zero-order chi connectivity index (χ0) is 14.5. The van der Waals surface area contributed by atoms with Gasteiger partial charge in [0.05, 0.1) is 11.2 Å². The van der Waals surface area contributed by atoms with Crippen LogP contribution in [0.15, 0.2) is 18.2 Å². The van der Waals surface area contributed by atoms with Crippen LogP contribution in [0, 0.1) is 5.82 Å². The summed E-state index contributed by atoms with van der Waals surface area (Å²) in [6.45, 7) is 0. The number of alkyl halides is 3. The van der Waals surface area contributed by atoms with Gasteiger partial charge in [0, 0.05) is 17.6 Å². The largest absolute Gasteiger partial charge is 0.419 e. The molecule has 20 heavy (non-hydrogen) atoms. The third-order valence-corrected chi connectivity index (χ3v) is 4.31. The molecule has 2 bridgehead atoms. The molecule has 110 valence electrons. The number of aliphatic hydroxyl groups is 1. The number of piperidine rings is 1. The molecule has 0 radical (unpaired) electrons. The van der Waals surface area contributed by atoms with Crippen LogP contribution in [0.4, 0.5) is 17.6 Å². The van der Waals surface area contributed by atoms with Gasteiger partial charge in [-0.3, -0.25) is 0 Å². The summed E-state index contributed by atoms with van der Waals surface area (Å²) < 4.78 is 52.4. The zero-order valence-corrected chi connectivity index (χ0v) is 10.7. The minimum atomic E-state index is -4.75. The van der Waals surface area contributed by atoms with Crippen molar-refractivity contribution >= 4 is 0 Å². The average molecular weight is 289 g/mol. The summed E-state index contributed by atoms with van der Waals surface area (Å²) in [6, 6.07) is 3.22. The molecule has 1 aromatic rings.